The van der Waals surface area contributed by atoms with Gasteiger partial charge in [-0.25, -0.2) is 0 Å². The Bertz CT molecular complexity index is 1140. The number of fused-ring (bicyclic) bond motifs is 1. The molecule has 148 valence electrons. The highest BCUT2D eigenvalue weighted by Crippen LogP contribution is 2.37. The van der Waals surface area contributed by atoms with Crippen LogP contribution in [-0.4, -0.2) is 21.0 Å². The summed E-state index contributed by atoms with van der Waals surface area (Å²) in [6.07, 6.45) is 1.94. The second-order valence-corrected chi connectivity index (χ2v) is 8.96. The van der Waals surface area contributed by atoms with Crippen LogP contribution in [0, 0.1) is 13.8 Å². The Kier molecular flexibility index (Phi) is 5.23. The first-order chi connectivity index (χ1) is 13.9. The predicted octanol–water partition coefficient (Wildman–Crippen LogP) is 5.58. The molecule has 0 aliphatic carbocycles. The second-order valence-electron chi connectivity index (χ2n) is 7.29. The van der Waals surface area contributed by atoms with Crippen molar-refractivity contribution in [1.82, 2.24) is 4.68 Å². The lowest BCUT2D eigenvalue weighted by Crippen LogP contribution is -2.39. The van der Waals surface area contributed by atoms with Crippen LogP contribution >= 0.6 is 24.0 Å². The van der Waals surface area contributed by atoms with E-state index >= 15 is 0 Å². The van der Waals surface area contributed by atoms with Crippen LogP contribution < -0.4 is 9.75 Å². The van der Waals surface area contributed by atoms with E-state index in [1.165, 1.54) is 11.8 Å². The van der Waals surface area contributed by atoms with Crippen LogP contribution in [0.4, 0.5) is 0 Å². The van der Waals surface area contributed by atoms with Gasteiger partial charge in [0.1, 0.15) is 5.75 Å². The number of thiocarbonyl (C=S) groups is 1. The minimum atomic E-state index is -0.120. The zero-order valence-electron chi connectivity index (χ0n) is 16.8. The Hall–Kier alpha value is -2.57. The van der Waals surface area contributed by atoms with Crippen molar-refractivity contribution < 1.29 is 9.53 Å². The number of benzene rings is 2. The number of hydrogen-bond acceptors (Lipinski definition) is 4. The number of rotatable bonds is 4. The maximum atomic E-state index is 13.3. The number of carbonyl (C=O) groups is 1. The molecule has 0 atom stereocenters. The van der Waals surface area contributed by atoms with E-state index in [1.54, 1.807) is 5.01 Å². The third-order valence-corrected chi connectivity index (χ3v) is 6.06. The van der Waals surface area contributed by atoms with E-state index in [-0.39, 0.29) is 12.0 Å². The number of hydrogen-bond donors (Lipinski definition) is 0. The fourth-order valence-electron chi connectivity index (χ4n) is 3.52. The fraction of sp³-hybridized carbons (Fsp3) is 0.217. The number of thioether (sulfide) groups is 1. The van der Waals surface area contributed by atoms with Gasteiger partial charge in [0.2, 0.25) is 0 Å². The minimum Gasteiger partial charge on any atom is -0.490 e. The summed E-state index contributed by atoms with van der Waals surface area (Å²) in [5.74, 6) is 0.642. The van der Waals surface area contributed by atoms with Crippen LogP contribution in [0.1, 0.15) is 30.8 Å². The van der Waals surface area contributed by atoms with E-state index in [9.17, 15) is 4.79 Å². The molecule has 29 heavy (non-hydrogen) atoms. The number of nitrogens with zero attached hydrogens (tertiary/aromatic N) is 2. The topological polar surface area (TPSA) is 34.5 Å². The molecule has 6 heteroatoms. The van der Waals surface area contributed by atoms with Crippen LogP contribution in [-0.2, 0) is 4.79 Å². The lowest BCUT2D eigenvalue weighted by atomic mass is 10.0. The summed E-state index contributed by atoms with van der Waals surface area (Å²) in [4.78, 5) is 13.9. The van der Waals surface area contributed by atoms with E-state index in [2.05, 4.69) is 12.1 Å². The number of aromatic nitrogens is 1. The second kappa shape index (κ2) is 7.69. The molecular formula is C23H22N2O2S2. The van der Waals surface area contributed by atoms with Gasteiger partial charge in [0.15, 0.2) is 4.32 Å². The summed E-state index contributed by atoms with van der Waals surface area (Å²) in [6.45, 7) is 7.93. The van der Waals surface area contributed by atoms with Crippen LogP contribution in [0.2, 0.25) is 0 Å². The van der Waals surface area contributed by atoms with E-state index in [4.69, 9.17) is 17.0 Å². The Morgan fingerprint density at radius 1 is 1.03 bits per heavy atom. The molecule has 0 saturated carbocycles. The van der Waals surface area contributed by atoms with Gasteiger partial charge in [-0.2, -0.15) is 5.01 Å². The first-order valence-electron chi connectivity index (χ1n) is 9.48. The lowest BCUT2D eigenvalue weighted by molar-refractivity contribution is -0.114. The van der Waals surface area contributed by atoms with Crippen molar-refractivity contribution in [3.05, 3.63) is 70.4 Å². The summed E-state index contributed by atoms with van der Waals surface area (Å²) < 4.78 is 8.44. The van der Waals surface area contributed by atoms with Gasteiger partial charge in [-0.1, -0.05) is 42.1 Å². The van der Waals surface area contributed by atoms with Gasteiger partial charge in [0.25, 0.3) is 5.91 Å². The quantitative estimate of drug-likeness (QED) is 0.406. The van der Waals surface area contributed by atoms with Gasteiger partial charge in [0, 0.05) is 17.0 Å². The van der Waals surface area contributed by atoms with Crippen LogP contribution in [0.25, 0.3) is 16.8 Å². The van der Waals surface area contributed by atoms with Crippen molar-refractivity contribution in [2.45, 2.75) is 33.8 Å². The molecule has 0 spiro atoms. The van der Waals surface area contributed by atoms with E-state index < -0.39 is 0 Å². The number of ether oxygens (including phenoxy) is 1. The maximum absolute atomic E-state index is 13.3. The summed E-state index contributed by atoms with van der Waals surface area (Å²) in [7, 11) is 0. The molecule has 4 nitrogen and oxygen atoms in total. The molecular weight excluding hydrogens is 400 g/mol. The van der Waals surface area contributed by atoms with Gasteiger partial charge < -0.3 is 4.74 Å². The van der Waals surface area contributed by atoms with Crippen molar-refractivity contribution in [2.75, 3.05) is 5.01 Å². The van der Waals surface area contributed by atoms with E-state index in [0.717, 1.165) is 33.5 Å². The van der Waals surface area contributed by atoms with Gasteiger partial charge in [-0.15, -0.1) is 0 Å². The molecule has 0 N–H and O–H groups in total. The molecule has 1 fully saturated rings. The van der Waals surface area contributed by atoms with Crippen molar-refractivity contribution in [1.29, 1.82) is 0 Å². The van der Waals surface area contributed by atoms with Crippen LogP contribution in [0.5, 0.6) is 5.75 Å². The minimum absolute atomic E-state index is 0.0305. The smallest absolute Gasteiger partial charge is 0.285 e. The van der Waals surface area contributed by atoms with Crippen molar-refractivity contribution in [2.24, 2.45) is 0 Å². The fourth-order valence-corrected chi connectivity index (χ4v) is 4.74. The van der Waals surface area contributed by atoms with Crippen molar-refractivity contribution in [3.8, 4) is 5.75 Å². The van der Waals surface area contributed by atoms with Crippen molar-refractivity contribution in [3.63, 3.8) is 0 Å². The first-order valence-corrected chi connectivity index (χ1v) is 10.7. The predicted molar refractivity (Wildman–Crippen MR) is 125 cm³/mol. The summed E-state index contributed by atoms with van der Waals surface area (Å²) >= 11 is 6.87. The number of aryl methyl sites for hydroxylation is 2. The van der Waals surface area contributed by atoms with Gasteiger partial charge in [0.05, 0.1) is 11.0 Å². The molecule has 0 unspecified atom stereocenters. The Balaban J connectivity index is 1.83. The van der Waals surface area contributed by atoms with Gasteiger partial charge in [-0.05, 0) is 75.0 Å². The molecule has 1 aliphatic rings. The molecule has 2 aromatic carbocycles. The Morgan fingerprint density at radius 3 is 2.41 bits per heavy atom. The molecule has 4 rings (SSSR count). The summed E-state index contributed by atoms with van der Waals surface area (Å²) in [5, 5.41) is 3.72. The molecule has 1 saturated heterocycles. The van der Waals surface area contributed by atoms with Gasteiger partial charge >= 0.3 is 0 Å². The van der Waals surface area contributed by atoms with Crippen LogP contribution in [0.3, 0.4) is 0 Å². The summed E-state index contributed by atoms with van der Waals surface area (Å²) in [6, 6.07) is 16.1. The standard InChI is InChI=1S/C23H22N2O2S2/c1-14(2)27-20-12-11-17-7-5-6-8-18(17)19(20)13-21-22(26)25(23(28)29-21)24-15(3)9-10-16(24)4/h5-14H,1-4H3/b21-13+. The largest absolute Gasteiger partial charge is 0.490 e. The SMILES string of the molecule is Cc1ccc(C)n1N1C(=O)/C(=C\c2c(OC(C)C)ccc3ccccc23)SC1=S. The molecule has 1 aliphatic heterocycles. The molecule has 3 aromatic rings. The van der Waals surface area contributed by atoms with E-state index in [1.807, 2.05) is 74.8 Å². The molecule has 0 radical (unpaired) electrons. The van der Waals surface area contributed by atoms with Crippen LogP contribution in [0.15, 0.2) is 53.4 Å². The van der Waals surface area contributed by atoms with Crippen molar-refractivity contribution >= 4 is 51.1 Å². The Labute approximate surface area is 180 Å². The Morgan fingerprint density at radius 2 is 1.72 bits per heavy atom. The average molecular weight is 423 g/mol. The molecule has 2 heterocycles. The highest BCUT2D eigenvalue weighted by atomic mass is 32.2. The summed E-state index contributed by atoms with van der Waals surface area (Å²) in [5.41, 5.74) is 2.83. The van der Waals surface area contributed by atoms with E-state index in [0.29, 0.717) is 9.23 Å². The monoisotopic (exact) mass is 422 g/mol. The highest BCUT2D eigenvalue weighted by molar-refractivity contribution is 8.27. The first kappa shape index (κ1) is 19.7. The third-order valence-electron chi connectivity index (χ3n) is 4.78. The maximum Gasteiger partial charge on any atom is 0.285 e. The molecule has 1 amide bonds. The zero-order valence-corrected chi connectivity index (χ0v) is 18.4. The molecule has 0 bridgehead atoms. The number of amides is 1. The molecule has 1 aromatic heterocycles. The number of carbonyl (C=O) groups excluding carboxylic acids is 1. The highest BCUT2D eigenvalue weighted by Gasteiger charge is 2.35. The third kappa shape index (κ3) is 3.58. The lowest BCUT2D eigenvalue weighted by Gasteiger charge is -2.20. The van der Waals surface area contributed by atoms with Gasteiger partial charge in [-0.3, -0.25) is 9.47 Å². The zero-order chi connectivity index (χ0) is 20.7. The normalized spacial score (nSPS) is 15.9. The average Bonchev–Trinajstić information content (AvgIpc) is 3.14.